The third-order valence-corrected chi connectivity index (χ3v) is 1.91. The largest absolute Gasteiger partial charge is 0.463 e. The maximum Gasteiger partial charge on any atom is 0.376 e. The van der Waals surface area contributed by atoms with Crippen LogP contribution in [0.3, 0.4) is 0 Å². The Labute approximate surface area is 88.9 Å². The van der Waals surface area contributed by atoms with Gasteiger partial charge in [-0.25, -0.2) is 14.8 Å². The highest BCUT2D eigenvalue weighted by atomic mass is 16.5. The van der Waals surface area contributed by atoms with Gasteiger partial charge in [-0.15, -0.1) is 0 Å². The normalized spacial score (nSPS) is 9.80. The van der Waals surface area contributed by atoms with Gasteiger partial charge in [0.05, 0.1) is 7.11 Å². The van der Waals surface area contributed by atoms with Gasteiger partial charge >= 0.3 is 5.97 Å². The van der Waals surface area contributed by atoms with E-state index in [1.54, 1.807) is 7.05 Å². The van der Waals surface area contributed by atoms with Crippen LogP contribution in [0.25, 0.3) is 0 Å². The van der Waals surface area contributed by atoms with E-state index in [9.17, 15) is 4.79 Å². The molecule has 1 rings (SSSR count). The van der Waals surface area contributed by atoms with Crippen molar-refractivity contribution >= 4 is 11.8 Å². The first kappa shape index (κ1) is 11.4. The minimum atomic E-state index is -0.510. The second-order valence-corrected chi connectivity index (χ2v) is 3.06. The van der Waals surface area contributed by atoms with Gasteiger partial charge in [0.25, 0.3) is 0 Å². The molecule has 0 bridgehead atoms. The van der Waals surface area contributed by atoms with Gasteiger partial charge in [0.1, 0.15) is 5.82 Å². The van der Waals surface area contributed by atoms with Crippen LogP contribution in [0.1, 0.15) is 29.7 Å². The summed E-state index contributed by atoms with van der Waals surface area (Å²) in [5, 5.41) is 2.89. The molecule has 5 heteroatoms. The van der Waals surface area contributed by atoms with E-state index < -0.39 is 5.97 Å². The summed E-state index contributed by atoms with van der Waals surface area (Å²) < 4.78 is 4.58. The predicted molar refractivity (Wildman–Crippen MR) is 56.9 cm³/mol. The molecule has 0 aliphatic carbocycles. The molecule has 1 heterocycles. The highest BCUT2D eigenvalue weighted by molar-refractivity contribution is 5.85. The van der Waals surface area contributed by atoms with Gasteiger partial charge in [-0.3, -0.25) is 0 Å². The molecule has 0 fully saturated rings. The van der Waals surface area contributed by atoms with Crippen molar-refractivity contribution < 1.29 is 9.53 Å². The van der Waals surface area contributed by atoms with Crippen LogP contribution >= 0.6 is 0 Å². The number of ether oxygens (including phenoxy) is 1. The Morgan fingerprint density at radius 3 is 2.80 bits per heavy atom. The number of rotatable bonds is 4. The lowest BCUT2D eigenvalue weighted by atomic mass is 10.2. The van der Waals surface area contributed by atoms with Crippen LogP contribution in [0, 0.1) is 0 Å². The number of hydrogen-bond acceptors (Lipinski definition) is 5. The minimum absolute atomic E-state index is 0.104. The van der Waals surface area contributed by atoms with E-state index in [1.807, 2.05) is 6.07 Å². The molecule has 0 aliphatic rings. The van der Waals surface area contributed by atoms with E-state index in [1.165, 1.54) is 7.11 Å². The fourth-order valence-electron chi connectivity index (χ4n) is 1.19. The number of carbonyl (C=O) groups excluding carboxylic acids is 1. The molecule has 0 atom stereocenters. The summed E-state index contributed by atoms with van der Waals surface area (Å²) in [6.45, 7) is 2.05. The molecule has 1 N–H and O–H groups in total. The van der Waals surface area contributed by atoms with Crippen molar-refractivity contribution in [2.75, 3.05) is 19.5 Å². The Morgan fingerprint density at radius 1 is 1.53 bits per heavy atom. The van der Waals surface area contributed by atoms with Gasteiger partial charge in [-0.2, -0.15) is 0 Å². The molecule has 0 saturated carbocycles. The van der Waals surface area contributed by atoms with Crippen LogP contribution in [-0.4, -0.2) is 30.1 Å². The third kappa shape index (κ3) is 2.90. The Bertz CT molecular complexity index is 353. The molecule has 1 aromatic heterocycles. The van der Waals surface area contributed by atoms with E-state index in [0.717, 1.165) is 18.5 Å². The molecule has 0 unspecified atom stereocenters. The highest BCUT2D eigenvalue weighted by Gasteiger charge is 2.11. The van der Waals surface area contributed by atoms with Crippen LogP contribution in [-0.2, 0) is 11.2 Å². The zero-order chi connectivity index (χ0) is 11.3. The quantitative estimate of drug-likeness (QED) is 0.756. The molecule has 0 aromatic carbocycles. The number of methoxy groups -OCH3 is 1. The van der Waals surface area contributed by atoms with E-state index in [4.69, 9.17) is 0 Å². The van der Waals surface area contributed by atoms with Crippen molar-refractivity contribution in [1.29, 1.82) is 0 Å². The number of nitrogens with one attached hydrogen (secondary N) is 1. The summed E-state index contributed by atoms with van der Waals surface area (Å²) >= 11 is 0. The van der Waals surface area contributed by atoms with Gasteiger partial charge in [-0.1, -0.05) is 13.3 Å². The van der Waals surface area contributed by atoms with Crippen molar-refractivity contribution in [3.05, 3.63) is 17.6 Å². The van der Waals surface area contributed by atoms with Crippen molar-refractivity contribution in [2.45, 2.75) is 19.8 Å². The summed E-state index contributed by atoms with van der Waals surface area (Å²) in [6.07, 6.45) is 1.79. The summed E-state index contributed by atoms with van der Waals surface area (Å²) in [6, 6.07) is 1.83. The number of hydrogen-bond donors (Lipinski definition) is 1. The lowest BCUT2D eigenvalue weighted by Gasteiger charge is -2.05. The zero-order valence-corrected chi connectivity index (χ0v) is 9.20. The molecule has 82 valence electrons. The van der Waals surface area contributed by atoms with Crippen LogP contribution in [0.15, 0.2) is 6.07 Å². The first-order valence-corrected chi connectivity index (χ1v) is 4.85. The number of anilines is 1. The smallest absolute Gasteiger partial charge is 0.376 e. The molecule has 0 spiro atoms. The highest BCUT2D eigenvalue weighted by Crippen LogP contribution is 2.08. The molecular formula is C10H15N3O2. The molecule has 0 saturated heterocycles. The Hall–Kier alpha value is -1.65. The van der Waals surface area contributed by atoms with Gasteiger partial charge in [0.15, 0.2) is 0 Å². The van der Waals surface area contributed by atoms with E-state index in [0.29, 0.717) is 5.82 Å². The average Bonchev–Trinajstić information content (AvgIpc) is 2.28. The molecular weight excluding hydrogens is 194 g/mol. The third-order valence-electron chi connectivity index (χ3n) is 1.91. The van der Waals surface area contributed by atoms with Gasteiger partial charge in [0.2, 0.25) is 5.82 Å². The number of aromatic nitrogens is 2. The predicted octanol–water partition coefficient (Wildman–Crippen LogP) is 1.26. The summed E-state index contributed by atoms with van der Waals surface area (Å²) in [4.78, 5) is 19.4. The lowest BCUT2D eigenvalue weighted by molar-refractivity contribution is 0.0586. The first-order chi connectivity index (χ1) is 7.21. The molecule has 1 aromatic rings. The second kappa shape index (κ2) is 5.29. The maximum atomic E-state index is 11.3. The Balaban J connectivity index is 3.05. The van der Waals surface area contributed by atoms with Gasteiger partial charge in [-0.05, 0) is 6.42 Å². The topological polar surface area (TPSA) is 64.1 Å². The SMILES string of the molecule is CCCc1cc(NC)nc(C(=O)OC)n1. The van der Waals surface area contributed by atoms with E-state index in [2.05, 4.69) is 26.9 Å². The fraction of sp³-hybridized carbons (Fsp3) is 0.500. The number of carbonyl (C=O) groups is 1. The maximum absolute atomic E-state index is 11.3. The van der Waals surface area contributed by atoms with Gasteiger partial charge < -0.3 is 10.1 Å². The molecule has 0 radical (unpaired) electrons. The number of esters is 1. The summed E-state index contributed by atoms with van der Waals surface area (Å²) in [5.74, 6) is 0.228. The van der Waals surface area contributed by atoms with E-state index >= 15 is 0 Å². The zero-order valence-electron chi connectivity index (χ0n) is 9.20. The first-order valence-electron chi connectivity index (χ1n) is 4.85. The average molecular weight is 209 g/mol. The Morgan fingerprint density at radius 2 is 2.27 bits per heavy atom. The standard InChI is InChI=1S/C10H15N3O2/c1-4-5-7-6-8(11-2)13-9(12-7)10(14)15-3/h6H,4-5H2,1-3H3,(H,11,12,13). The molecule has 15 heavy (non-hydrogen) atoms. The molecule has 0 amide bonds. The van der Waals surface area contributed by atoms with Crippen molar-refractivity contribution in [3.8, 4) is 0 Å². The van der Waals surface area contributed by atoms with Crippen molar-refractivity contribution in [2.24, 2.45) is 0 Å². The van der Waals surface area contributed by atoms with Crippen LogP contribution in [0.2, 0.25) is 0 Å². The lowest BCUT2D eigenvalue weighted by Crippen LogP contribution is -2.11. The minimum Gasteiger partial charge on any atom is -0.463 e. The van der Waals surface area contributed by atoms with Crippen LogP contribution in [0.4, 0.5) is 5.82 Å². The van der Waals surface area contributed by atoms with Crippen molar-refractivity contribution in [3.63, 3.8) is 0 Å². The van der Waals surface area contributed by atoms with E-state index in [-0.39, 0.29) is 5.82 Å². The second-order valence-electron chi connectivity index (χ2n) is 3.06. The van der Waals surface area contributed by atoms with Crippen LogP contribution in [0.5, 0.6) is 0 Å². The monoisotopic (exact) mass is 209 g/mol. The summed E-state index contributed by atoms with van der Waals surface area (Å²) in [7, 11) is 3.07. The molecule has 0 aliphatic heterocycles. The Kier molecular flexibility index (Phi) is 4.03. The van der Waals surface area contributed by atoms with Crippen LogP contribution < -0.4 is 5.32 Å². The summed E-state index contributed by atoms with van der Waals surface area (Å²) in [5.41, 5.74) is 0.845. The van der Waals surface area contributed by atoms with Crippen molar-refractivity contribution in [1.82, 2.24) is 9.97 Å². The van der Waals surface area contributed by atoms with Gasteiger partial charge in [0, 0.05) is 18.8 Å². The number of aryl methyl sites for hydroxylation is 1. The fourth-order valence-corrected chi connectivity index (χ4v) is 1.19. The number of nitrogens with zero attached hydrogens (tertiary/aromatic N) is 2. The molecule has 5 nitrogen and oxygen atoms in total.